The van der Waals surface area contributed by atoms with E-state index in [0.717, 1.165) is 51.7 Å². The third kappa shape index (κ3) is 6.13. The first kappa shape index (κ1) is 17.5. The van der Waals surface area contributed by atoms with E-state index >= 15 is 0 Å². The molecule has 0 aromatic rings. The number of hydrogen-bond acceptors (Lipinski definition) is 3. The van der Waals surface area contributed by atoms with E-state index in [1.165, 1.54) is 32.1 Å². The summed E-state index contributed by atoms with van der Waals surface area (Å²) in [4.78, 5) is 6.58. The fourth-order valence-corrected chi connectivity index (χ4v) is 3.34. The fraction of sp³-hybridized carbons (Fsp3) is 0.941. The summed E-state index contributed by atoms with van der Waals surface area (Å²) in [6.07, 6.45) is 9.28. The molecule has 0 aromatic carbocycles. The van der Waals surface area contributed by atoms with Crippen molar-refractivity contribution < 1.29 is 9.47 Å². The van der Waals surface area contributed by atoms with Crippen LogP contribution in [0.5, 0.6) is 0 Å². The first-order valence-corrected chi connectivity index (χ1v) is 8.90. The average molecular weight is 311 g/mol. The van der Waals surface area contributed by atoms with Crippen molar-refractivity contribution in [1.29, 1.82) is 0 Å². The van der Waals surface area contributed by atoms with Crippen molar-refractivity contribution in [2.75, 3.05) is 47.0 Å². The molecule has 1 saturated carbocycles. The Morgan fingerprint density at radius 2 is 2.09 bits per heavy atom. The first-order valence-electron chi connectivity index (χ1n) is 8.90. The molecule has 5 nitrogen and oxygen atoms in total. The molecule has 5 heteroatoms. The van der Waals surface area contributed by atoms with Gasteiger partial charge in [-0.15, -0.1) is 0 Å². The van der Waals surface area contributed by atoms with Gasteiger partial charge < -0.3 is 19.7 Å². The lowest BCUT2D eigenvalue weighted by atomic mass is 9.98. The van der Waals surface area contributed by atoms with Gasteiger partial charge in [-0.05, 0) is 25.7 Å². The third-order valence-electron chi connectivity index (χ3n) is 4.64. The van der Waals surface area contributed by atoms with Gasteiger partial charge in [-0.25, -0.2) is 0 Å². The topological polar surface area (TPSA) is 46.1 Å². The summed E-state index contributed by atoms with van der Waals surface area (Å²) < 4.78 is 11.4. The molecule has 2 rings (SSSR count). The van der Waals surface area contributed by atoms with E-state index in [2.05, 4.69) is 22.3 Å². The van der Waals surface area contributed by atoms with Gasteiger partial charge in [0.05, 0.1) is 12.7 Å². The van der Waals surface area contributed by atoms with Crippen LogP contribution < -0.4 is 5.32 Å². The Morgan fingerprint density at radius 3 is 2.77 bits per heavy atom. The number of guanidine groups is 1. The molecule has 1 heterocycles. The molecule has 0 aromatic heterocycles. The van der Waals surface area contributed by atoms with Crippen molar-refractivity contribution in [3.63, 3.8) is 0 Å². The van der Waals surface area contributed by atoms with Crippen molar-refractivity contribution in [1.82, 2.24) is 10.2 Å². The molecule has 1 saturated heterocycles. The summed E-state index contributed by atoms with van der Waals surface area (Å²) in [6, 6.07) is 0. The second-order valence-electron chi connectivity index (χ2n) is 6.57. The van der Waals surface area contributed by atoms with Gasteiger partial charge in [-0.3, -0.25) is 4.99 Å². The van der Waals surface area contributed by atoms with E-state index in [-0.39, 0.29) is 0 Å². The predicted octanol–water partition coefficient (Wildman–Crippen LogP) is 2.27. The molecule has 0 spiro atoms. The Labute approximate surface area is 135 Å². The molecule has 0 radical (unpaired) electrons. The van der Waals surface area contributed by atoms with E-state index in [0.29, 0.717) is 12.0 Å². The van der Waals surface area contributed by atoms with Gasteiger partial charge in [0.1, 0.15) is 0 Å². The molecule has 128 valence electrons. The lowest BCUT2D eigenvalue weighted by Crippen LogP contribution is -2.42. The highest BCUT2D eigenvalue weighted by molar-refractivity contribution is 5.79. The number of ether oxygens (including phenoxy) is 2. The summed E-state index contributed by atoms with van der Waals surface area (Å²) >= 11 is 0. The van der Waals surface area contributed by atoms with Crippen LogP contribution in [-0.2, 0) is 9.47 Å². The summed E-state index contributed by atoms with van der Waals surface area (Å²) in [5.74, 6) is 1.61. The maximum Gasteiger partial charge on any atom is 0.193 e. The van der Waals surface area contributed by atoms with Crippen LogP contribution in [0.4, 0.5) is 0 Å². The van der Waals surface area contributed by atoms with E-state index in [9.17, 15) is 0 Å². The van der Waals surface area contributed by atoms with E-state index < -0.39 is 0 Å². The minimum Gasteiger partial charge on any atom is -0.381 e. The molecule has 2 fully saturated rings. The molecule has 0 amide bonds. The zero-order chi connectivity index (χ0) is 15.6. The monoisotopic (exact) mass is 311 g/mol. The maximum atomic E-state index is 5.96. The van der Waals surface area contributed by atoms with Gasteiger partial charge in [0.15, 0.2) is 5.96 Å². The molecule has 1 aliphatic heterocycles. The van der Waals surface area contributed by atoms with Gasteiger partial charge in [0.25, 0.3) is 0 Å². The Balaban J connectivity index is 1.55. The zero-order valence-electron chi connectivity index (χ0n) is 14.4. The largest absolute Gasteiger partial charge is 0.381 e. The highest BCUT2D eigenvalue weighted by Gasteiger charge is 2.19. The molecule has 2 aliphatic rings. The minimum atomic E-state index is 0.512. The van der Waals surface area contributed by atoms with E-state index in [1.807, 2.05) is 7.05 Å². The van der Waals surface area contributed by atoms with Crippen LogP contribution in [-0.4, -0.2) is 64.0 Å². The average Bonchev–Trinajstić information content (AvgIpc) is 3.04. The van der Waals surface area contributed by atoms with Gasteiger partial charge in [0, 0.05) is 46.3 Å². The van der Waals surface area contributed by atoms with Crippen molar-refractivity contribution in [3.05, 3.63) is 0 Å². The Morgan fingerprint density at radius 1 is 1.27 bits per heavy atom. The standard InChI is InChI=1S/C17H33N3O2/c1-18-17(20(2)13-15-9-12-21-14-15)19-10-6-11-22-16-7-4-3-5-8-16/h15-16H,3-14H2,1-2H3,(H,18,19). The lowest BCUT2D eigenvalue weighted by molar-refractivity contribution is 0.0276. The van der Waals surface area contributed by atoms with Gasteiger partial charge in [-0.2, -0.15) is 0 Å². The second kappa shape index (κ2) is 10.1. The summed E-state index contributed by atoms with van der Waals surface area (Å²) in [6.45, 7) is 4.58. The number of hydrogen-bond donors (Lipinski definition) is 1. The molecule has 1 unspecified atom stereocenters. The van der Waals surface area contributed by atoms with Crippen LogP contribution in [0.25, 0.3) is 0 Å². The molecular weight excluding hydrogens is 278 g/mol. The van der Waals surface area contributed by atoms with Crippen LogP contribution in [0.3, 0.4) is 0 Å². The summed E-state index contributed by atoms with van der Waals surface area (Å²) in [7, 11) is 3.95. The summed E-state index contributed by atoms with van der Waals surface area (Å²) in [5, 5.41) is 3.44. The van der Waals surface area contributed by atoms with Gasteiger partial charge in [0.2, 0.25) is 0 Å². The summed E-state index contributed by atoms with van der Waals surface area (Å²) in [5.41, 5.74) is 0. The third-order valence-corrected chi connectivity index (χ3v) is 4.64. The van der Waals surface area contributed by atoms with Crippen LogP contribution in [0.2, 0.25) is 0 Å². The van der Waals surface area contributed by atoms with Crippen molar-refractivity contribution in [3.8, 4) is 0 Å². The number of nitrogens with zero attached hydrogens (tertiary/aromatic N) is 2. The molecular formula is C17H33N3O2. The Kier molecular flexibility index (Phi) is 8.02. The highest BCUT2D eigenvalue weighted by Crippen LogP contribution is 2.20. The number of nitrogens with one attached hydrogen (secondary N) is 1. The minimum absolute atomic E-state index is 0.512. The quantitative estimate of drug-likeness (QED) is 0.445. The number of rotatable bonds is 7. The predicted molar refractivity (Wildman–Crippen MR) is 90.4 cm³/mol. The van der Waals surface area contributed by atoms with E-state index in [4.69, 9.17) is 9.47 Å². The first-order chi connectivity index (χ1) is 10.8. The maximum absolute atomic E-state index is 5.96. The smallest absolute Gasteiger partial charge is 0.193 e. The SMILES string of the molecule is CN=C(NCCCOC1CCCCC1)N(C)CC1CCOC1. The van der Waals surface area contributed by atoms with E-state index in [1.54, 1.807) is 0 Å². The molecule has 22 heavy (non-hydrogen) atoms. The second-order valence-corrected chi connectivity index (χ2v) is 6.57. The Bertz CT molecular complexity index is 324. The zero-order valence-corrected chi connectivity index (χ0v) is 14.4. The van der Waals surface area contributed by atoms with Crippen LogP contribution in [0.15, 0.2) is 4.99 Å². The van der Waals surface area contributed by atoms with Crippen molar-refractivity contribution >= 4 is 5.96 Å². The van der Waals surface area contributed by atoms with Gasteiger partial charge >= 0.3 is 0 Å². The molecule has 1 N–H and O–H groups in total. The van der Waals surface area contributed by atoms with Crippen LogP contribution >= 0.6 is 0 Å². The Hall–Kier alpha value is -0.810. The van der Waals surface area contributed by atoms with Crippen LogP contribution in [0, 0.1) is 5.92 Å². The molecule has 1 aliphatic carbocycles. The van der Waals surface area contributed by atoms with Gasteiger partial charge in [-0.1, -0.05) is 19.3 Å². The van der Waals surface area contributed by atoms with Crippen molar-refractivity contribution in [2.24, 2.45) is 10.9 Å². The lowest BCUT2D eigenvalue weighted by Gasteiger charge is -2.25. The molecule has 1 atom stereocenters. The number of aliphatic imine (C=N–C) groups is 1. The van der Waals surface area contributed by atoms with Crippen molar-refractivity contribution in [2.45, 2.75) is 51.0 Å². The normalized spacial score (nSPS) is 23.7. The molecule has 0 bridgehead atoms. The highest BCUT2D eigenvalue weighted by atomic mass is 16.5. The van der Waals surface area contributed by atoms with Crippen LogP contribution in [0.1, 0.15) is 44.9 Å². The fourth-order valence-electron chi connectivity index (χ4n) is 3.34.